The predicted molar refractivity (Wildman–Crippen MR) is 89.7 cm³/mol. The van der Waals surface area contributed by atoms with Crippen LogP contribution in [0.4, 0.5) is 5.95 Å². The third-order valence-corrected chi connectivity index (χ3v) is 4.00. The number of hydrogen-bond acceptors (Lipinski definition) is 3. The molecule has 0 aliphatic carbocycles. The van der Waals surface area contributed by atoms with Gasteiger partial charge in [0.15, 0.2) is 0 Å². The van der Waals surface area contributed by atoms with E-state index in [0.717, 1.165) is 44.4 Å². The molecule has 0 unspecified atom stereocenters. The standard InChI is InChI=1S/C17H33N3O/c1-7-21-10-8-9-20-12-15(6)19-17(20)18-11-16(13(2)3)14(4)5/h12-14,16H,7-11H2,1-6H3,(H,18,19). The van der Waals surface area contributed by atoms with Crippen LogP contribution in [0, 0.1) is 24.7 Å². The predicted octanol–water partition coefficient (Wildman–Crippen LogP) is 3.96. The first kappa shape index (κ1) is 18.0. The van der Waals surface area contributed by atoms with Gasteiger partial charge in [0.25, 0.3) is 0 Å². The maximum absolute atomic E-state index is 5.41. The molecule has 0 spiro atoms. The van der Waals surface area contributed by atoms with Crippen molar-refractivity contribution < 1.29 is 4.74 Å². The number of anilines is 1. The molecular weight excluding hydrogens is 262 g/mol. The van der Waals surface area contributed by atoms with Gasteiger partial charge in [0.2, 0.25) is 5.95 Å². The molecule has 4 nitrogen and oxygen atoms in total. The zero-order valence-electron chi connectivity index (χ0n) is 14.6. The van der Waals surface area contributed by atoms with E-state index in [1.54, 1.807) is 0 Å². The third-order valence-electron chi connectivity index (χ3n) is 4.00. The molecule has 122 valence electrons. The van der Waals surface area contributed by atoms with Crippen LogP contribution in [-0.2, 0) is 11.3 Å². The Bertz CT molecular complexity index is 391. The summed E-state index contributed by atoms with van der Waals surface area (Å²) in [6.45, 7) is 16.8. The van der Waals surface area contributed by atoms with E-state index in [4.69, 9.17) is 4.74 Å². The van der Waals surface area contributed by atoms with Crippen LogP contribution in [-0.4, -0.2) is 29.3 Å². The summed E-state index contributed by atoms with van der Waals surface area (Å²) in [7, 11) is 0. The van der Waals surface area contributed by atoms with Gasteiger partial charge >= 0.3 is 0 Å². The lowest BCUT2D eigenvalue weighted by Crippen LogP contribution is -2.25. The molecular formula is C17H33N3O. The lowest BCUT2D eigenvalue weighted by atomic mass is 9.85. The highest BCUT2D eigenvalue weighted by Crippen LogP contribution is 2.21. The number of nitrogens with zero attached hydrogens (tertiary/aromatic N) is 2. The highest BCUT2D eigenvalue weighted by atomic mass is 16.5. The molecule has 0 bridgehead atoms. The molecule has 4 heteroatoms. The monoisotopic (exact) mass is 295 g/mol. The minimum Gasteiger partial charge on any atom is -0.382 e. The second kappa shape index (κ2) is 9.08. The fourth-order valence-corrected chi connectivity index (χ4v) is 2.79. The van der Waals surface area contributed by atoms with E-state index in [-0.39, 0.29) is 0 Å². The van der Waals surface area contributed by atoms with Gasteiger partial charge in [0.1, 0.15) is 0 Å². The Kier molecular flexibility index (Phi) is 7.79. The molecule has 21 heavy (non-hydrogen) atoms. The van der Waals surface area contributed by atoms with Crippen LogP contribution in [0.3, 0.4) is 0 Å². The van der Waals surface area contributed by atoms with Crippen LogP contribution in [0.2, 0.25) is 0 Å². The van der Waals surface area contributed by atoms with E-state index in [1.807, 2.05) is 13.8 Å². The normalized spacial score (nSPS) is 11.9. The topological polar surface area (TPSA) is 39.1 Å². The van der Waals surface area contributed by atoms with Crippen LogP contribution < -0.4 is 5.32 Å². The summed E-state index contributed by atoms with van der Waals surface area (Å²) >= 11 is 0. The van der Waals surface area contributed by atoms with Gasteiger partial charge in [-0.05, 0) is 38.0 Å². The summed E-state index contributed by atoms with van der Waals surface area (Å²) in [6, 6.07) is 0. The van der Waals surface area contributed by atoms with Crippen molar-refractivity contribution in [1.82, 2.24) is 9.55 Å². The van der Waals surface area contributed by atoms with Crippen molar-refractivity contribution >= 4 is 5.95 Å². The SMILES string of the molecule is CCOCCCn1cc(C)nc1NCC(C(C)C)C(C)C. The molecule has 1 aromatic heterocycles. The zero-order valence-corrected chi connectivity index (χ0v) is 14.6. The van der Waals surface area contributed by atoms with Gasteiger partial charge in [-0.15, -0.1) is 0 Å². The van der Waals surface area contributed by atoms with Crippen LogP contribution in [0.15, 0.2) is 6.20 Å². The van der Waals surface area contributed by atoms with Gasteiger partial charge in [-0.1, -0.05) is 27.7 Å². The number of imidazole rings is 1. The fraction of sp³-hybridized carbons (Fsp3) is 0.824. The number of ether oxygens (including phenoxy) is 1. The number of aromatic nitrogens is 2. The molecule has 0 saturated carbocycles. The van der Waals surface area contributed by atoms with Crippen molar-refractivity contribution in [2.75, 3.05) is 25.1 Å². The molecule has 0 aliphatic rings. The van der Waals surface area contributed by atoms with Gasteiger partial charge < -0.3 is 14.6 Å². The van der Waals surface area contributed by atoms with Gasteiger partial charge in [0, 0.05) is 32.5 Å². The Morgan fingerprint density at radius 1 is 1.24 bits per heavy atom. The van der Waals surface area contributed by atoms with E-state index in [9.17, 15) is 0 Å². The number of aryl methyl sites for hydroxylation is 2. The van der Waals surface area contributed by atoms with Gasteiger partial charge in [-0.3, -0.25) is 0 Å². The molecule has 1 heterocycles. The van der Waals surface area contributed by atoms with Crippen molar-refractivity contribution in [1.29, 1.82) is 0 Å². The average Bonchev–Trinajstić information content (AvgIpc) is 2.74. The number of nitrogens with one attached hydrogen (secondary N) is 1. The molecule has 0 amide bonds. The smallest absolute Gasteiger partial charge is 0.203 e. The lowest BCUT2D eigenvalue weighted by molar-refractivity contribution is 0.142. The van der Waals surface area contributed by atoms with E-state index in [2.05, 4.69) is 48.8 Å². The summed E-state index contributed by atoms with van der Waals surface area (Å²) in [5.41, 5.74) is 1.07. The molecule has 1 aromatic rings. The molecule has 0 saturated heterocycles. The van der Waals surface area contributed by atoms with Crippen LogP contribution in [0.5, 0.6) is 0 Å². The fourth-order valence-electron chi connectivity index (χ4n) is 2.79. The summed E-state index contributed by atoms with van der Waals surface area (Å²) in [5.74, 6) is 3.02. The van der Waals surface area contributed by atoms with Gasteiger partial charge in [-0.2, -0.15) is 0 Å². The van der Waals surface area contributed by atoms with Crippen LogP contribution in [0.1, 0.15) is 46.7 Å². The Morgan fingerprint density at radius 3 is 2.48 bits per heavy atom. The van der Waals surface area contributed by atoms with E-state index < -0.39 is 0 Å². The van der Waals surface area contributed by atoms with E-state index in [1.165, 1.54) is 0 Å². The molecule has 1 rings (SSSR count). The van der Waals surface area contributed by atoms with Gasteiger partial charge in [0.05, 0.1) is 5.69 Å². The Balaban J connectivity index is 2.57. The maximum atomic E-state index is 5.41. The van der Waals surface area contributed by atoms with E-state index in [0.29, 0.717) is 17.8 Å². The molecule has 0 fully saturated rings. The van der Waals surface area contributed by atoms with Gasteiger partial charge in [-0.25, -0.2) is 4.98 Å². The molecule has 0 radical (unpaired) electrons. The van der Waals surface area contributed by atoms with Crippen molar-refractivity contribution in [3.63, 3.8) is 0 Å². The average molecular weight is 295 g/mol. The van der Waals surface area contributed by atoms with Crippen molar-refractivity contribution in [3.05, 3.63) is 11.9 Å². The second-order valence-corrected chi connectivity index (χ2v) is 6.48. The molecule has 0 atom stereocenters. The van der Waals surface area contributed by atoms with Crippen molar-refractivity contribution in [2.24, 2.45) is 17.8 Å². The third kappa shape index (κ3) is 6.08. The quantitative estimate of drug-likeness (QED) is 0.664. The maximum Gasteiger partial charge on any atom is 0.203 e. The zero-order chi connectivity index (χ0) is 15.8. The summed E-state index contributed by atoms with van der Waals surface area (Å²) in [6.07, 6.45) is 3.14. The highest BCUT2D eigenvalue weighted by molar-refractivity contribution is 5.28. The minimum absolute atomic E-state index is 0.666. The molecule has 0 aliphatic heterocycles. The first-order valence-electron chi connectivity index (χ1n) is 8.31. The summed E-state index contributed by atoms with van der Waals surface area (Å²) in [5, 5.41) is 3.55. The Morgan fingerprint density at radius 2 is 1.90 bits per heavy atom. The largest absolute Gasteiger partial charge is 0.382 e. The van der Waals surface area contributed by atoms with Crippen LogP contribution >= 0.6 is 0 Å². The van der Waals surface area contributed by atoms with Crippen molar-refractivity contribution in [3.8, 4) is 0 Å². The summed E-state index contributed by atoms with van der Waals surface area (Å²) < 4.78 is 7.62. The Hall–Kier alpha value is -1.03. The van der Waals surface area contributed by atoms with Crippen LogP contribution in [0.25, 0.3) is 0 Å². The summed E-state index contributed by atoms with van der Waals surface area (Å²) in [4.78, 5) is 4.61. The van der Waals surface area contributed by atoms with Crippen molar-refractivity contribution in [2.45, 2.75) is 54.5 Å². The first-order chi connectivity index (χ1) is 9.95. The lowest BCUT2D eigenvalue weighted by Gasteiger charge is -2.25. The highest BCUT2D eigenvalue weighted by Gasteiger charge is 2.18. The Labute approximate surface area is 130 Å². The first-order valence-corrected chi connectivity index (χ1v) is 8.31. The minimum atomic E-state index is 0.666. The molecule has 1 N–H and O–H groups in total. The van der Waals surface area contributed by atoms with E-state index >= 15 is 0 Å². The second-order valence-electron chi connectivity index (χ2n) is 6.48. The number of rotatable bonds is 10. The number of hydrogen-bond donors (Lipinski definition) is 1. The molecule has 0 aromatic carbocycles.